The molecule has 1 aromatic rings. The van der Waals surface area contributed by atoms with Crippen molar-refractivity contribution in [3.8, 4) is 5.75 Å². The van der Waals surface area contributed by atoms with Crippen LogP contribution in [0.1, 0.15) is 49.4 Å². The molecule has 2 heterocycles. The van der Waals surface area contributed by atoms with Crippen molar-refractivity contribution in [3.63, 3.8) is 0 Å². The van der Waals surface area contributed by atoms with Gasteiger partial charge in [-0.3, -0.25) is 14.4 Å². The number of piperidine rings is 2. The van der Waals surface area contributed by atoms with Gasteiger partial charge >= 0.3 is 0 Å². The summed E-state index contributed by atoms with van der Waals surface area (Å²) in [5.41, 5.74) is 0.618. The van der Waals surface area contributed by atoms with E-state index in [4.69, 9.17) is 9.47 Å². The number of benzene rings is 1. The summed E-state index contributed by atoms with van der Waals surface area (Å²) >= 11 is 0. The highest BCUT2D eigenvalue weighted by molar-refractivity contribution is 5.95. The van der Waals surface area contributed by atoms with Crippen molar-refractivity contribution in [2.75, 3.05) is 39.9 Å². The van der Waals surface area contributed by atoms with Crippen molar-refractivity contribution >= 4 is 17.6 Å². The molecule has 2 aliphatic heterocycles. The highest BCUT2D eigenvalue weighted by Crippen LogP contribution is 2.23. The molecule has 1 aromatic carbocycles. The molecule has 0 N–H and O–H groups in total. The summed E-state index contributed by atoms with van der Waals surface area (Å²) in [7, 11) is 1.52. The molecule has 30 heavy (non-hydrogen) atoms. The predicted octanol–water partition coefficient (Wildman–Crippen LogP) is 2.53. The van der Waals surface area contributed by atoms with E-state index in [0.29, 0.717) is 38.2 Å². The van der Waals surface area contributed by atoms with Crippen LogP contribution in [0.2, 0.25) is 0 Å². The molecule has 7 nitrogen and oxygen atoms in total. The quantitative estimate of drug-likeness (QED) is 0.683. The first kappa shape index (κ1) is 22.3. The van der Waals surface area contributed by atoms with Gasteiger partial charge in [0, 0.05) is 64.0 Å². The molecule has 2 aliphatic rings. The number of hydrogen-bond donors (Lipinski definition) is 0. The van der Waals surface area contributed by atoms with E-state index in [0.717, 1.165) is 31.4 Å². The average Bonchev–Trinajstić information content (AvgIpc) is 2.79. The van der Waals surface area contributed by atoms with Gasteiger partial charge in [-0.25, -0.2) is 0 Å². The lowest BCUT2D eigenvalue weighted by Crippen LogP contribution is -2.43. The average molecular weight is 417 g/mol. The van der Waals surface area contributed by atoms with Crippen LogP contribution in [0.25, 0.3) is 0 Å². The van der Waals surface area contributed by atoms with Crippen LogP contribution in [0.4, 0.5) is 0 Å². The molecule has 2 fully saturated rings. The molecular formula is C23H32N2O5. The van der Waals surface area contributed by atoms with Crippen molar-refractivity contribution in [3.05, 3.63) is 29.8 Å². The molecule has 0 bridgehead atoms. The zero-order valence-corrected chi connectivity index (χ0v) is 18.0. The van der Waals surface area contributed by atoms with Crippen molar-refractivity contribution in [1.29, 1.82) is 0 Å². The van der Waals surface area contributed by atoms with E-state index in [-0.39, 0.29) is 36.2 Å². The monoisotopic (exact) mass is 416 g/mol. The van der Waals surface area contributed by atoms with Gasteiger partial charge in [0.1, 0.15) is 24.2 Å². The van der Waals surface area contributed by atoms with Gasteiger partial charge in [-0.15, -0.1) is 0 Å². The molecule has 0 radical (unpaired) electrons. The second-order valence-corrected chi connectivity index (χ2v) is 8.07. The van der Waals surface area contributed by atoms with Crippen LogP contribution >= 0.6 is 0 Å². The highest BCUT2D eigenvalue weighted by atomic mass is 16.5. The minimum atomic E-state index is -0.0306. The lowest BCUT2D eigenvalue weighted by atomic mass is 9.92. The molecular weight excluding hydrogens is 384 g/mol. The third-order valence-electron chi connectivity index (χ3n) is 5.98. The Hall–Kier alpha value is -2.41. The Kier molecular flexibility index (Phi) is 7.85. The minimum absolute atomic E-state index is 0.0133. The normalized spacial score (nSPS) is 20.1. The number of rotatable bonds is 7. The highest BCUT2D eigenvalue weighted by Gasteiger charge is 2.28. The fraction of sp³-hybridized carbons (Fsp3) is 0.609. The lowest BCUT2D eigenvalue weighted by Gasteiger charge is -2.32. The number of nitrogens with zero attached hydrogens (tertiary/aromatic N) is 2. The van der Waals surface area contributed by atoms with Crippen LogP contribution in [-0.2, 0) is 14.3 Å². The molecule has 1 atom stereocenters. The Labute approximate surface area is 178 Å². The van der Waals surface area contributed by atoms with E-state index >= 15 is 0 Å². The lowest BCUT2D eigenvalue weighted by molar-refractivity contribution is -0.136. The second kappa shape index (κ2) is 10.6. The number of ketones is 1. The molecule has 2 saturated heterocycles. The number of Topliss-reactive ketones (excluding diaryl/α,β-unsaturated/α-hetero) is 1. The Morgan fingerprint density at radius 2 is 1.70 bits per heavy atom. The first-order valence-electron chi connectivity index (χ1n) is 10.9. The SMILES string of the molecule is CCC(=O)[C@@H]1CCCN(C(=O)c2ccc(OC3CCN(C(=O)COC)CC3)cc2)C1. The summed E-state index contributed by atoms with van der Waals surface area (Å²) in [4.78, 5) is 40.3. The number of ether oxygens (including phenoxy) is 2. The number of carbonyl (C=O) groups excluding carboxylic acids is 3. The fourth-order valence-electron chi connectivity index (χ4n) is 4.20. The van der Waals surface area contributed by atoms with Crippen LogP contribution in [0, 0.1) is 5.92 Å². The van der Waals surface area contributed by atoms with Gasteiger partial charge in [0.2, 0.25) is 5.91 Å². The summed E-state index contributed by atoms with van der Waals surface area (Å²) in [5.74, 6) is 0.925. The van der Waals surface area contributed by atoms with E-state index in [9.17, 15) is 14.4 Å². The zero-order chi connectivity index (χ0) is 21.5. The number of hydrogen-bond acceptors (Lipinski definition) is 5. The smallest absolute Gasteiger partial charge is 0.253 e. The summed E-state index contributed by atoms with van der Waals surface area (Å²) in [6.07, 6.45) is 3.88. The first-order valence-corrected chi connectivity index (χ1v) is 10.9. The number of carbonyl (C=O) groups is 3. The van der Waals surface area contributed by atoms with E-state index in [1.165, 1.54) is 7.11 Å². The standard InChI is InChI=1S/C23H32N2O5/c1-3-21(26)18-5-4-12-25(15-18)23(28)17-6-8-19(9-7-17)30-20-10-13-24(14-11-20)22(27)16-29-2/h6-9,18,20H,3-5,10-16H2,1-2H3/t18-/m1/s1. The van der Waals surface area contributed by atoms with Gasteiger partial charge in [0.05, 0.1) is 0 Å². The number of amides is 2. The maximum absolute atomic E-state index is 12.8. The van der Waals surface area contributed by atoms with Crippen molar-refractivity contribution in [2.24, 2.45) is 5.92 Å². The summed E-state index contributed by atoms with van der Waals surface area (Å²) < 4.78 is 11.0. The second-order valence-electron chi connectivity index (χ2n) is 8.07. The topological polar surface area (TPSA) is 76.2 Å². The molecule has 3 rings (SSSR count). The molecule has 0 unspecified atom stereocenters. The van der Waals surface area contributed by atoms with Gasteiger partial charge in [0.25, 0.3) is 5.91 Å². The molecule has 0 spiro atoms. The Morgan fingerprint density at radius 1 is 1.00 bits per heavy atom. The van der Waals surface area contributed by atoms with E-state index in [2.05, 4.69) is 0 Å². The van der Waals surface area contributed by atoms with E-state index in [1.807, 2.05) is 19.1 Å². The van der Waals surface area contributed by atoms with Crippen LogP contribution < -0.4 is 4.74 Å². The van der Waals surface area contributed by atoms with Gasteiger partial charge < -0.3 is 19.3 Å². The molecule has 0 aromatic heterocycles. The Bertz CT molecular complexity index is 740. The fourth-order valence-corrected chi connectivity index (χ4v) is 4.20. The van der Waals surface area contributed by atoms with Crippen LogP contribution in [-0.4, -0.2) is 73.4 Å². The molecule has 2 amide bonds. The van der Waals surface area contributed by atoms with Gasteiger partial charge in [0.15, 0.2) is 0 Å². The van der Waals surface area contributed by atoms with E-state index in [1.54, 1.807) is 21.9 Å². The summed E-state index contributed by atoms with van der Waals surface area (Å²) in [5, 5.41) is 0. The zero-order valence-electron chi connectivity index (χ0n) is 18.0. The van der Waals surface area contributed by atoms with Gasteiger partial charge in [-0.05, 0) is 37.1 Å². The molecule has 7 heteroatoms. The summed E-state index contributed by atoms with van der Waals surface area (Å²) in [6, 6.07) is 7.24. The maximum atomic E-state index is 12.8. The third kappa shape index (κ3) is 5.59. The Balaban J connectivity index is 1.51. The third-order valence-corrected chi connectivity index (χ3v) is 5.98. The first-order chi connectivity index (χ1) is 14.5. The summed E-state index contributed by atoms with van der Waals surface area (Å²) in [6.45, 7) is 4.54. The number of methoxy groups -OCH3 is 1. The Morgan fingerprint density at radius 3 is 2.33 bits per heavy atom. The predicted molar refractivity (Wildman–Crippen MR) is 112 cm³/mol. The van der Waals surface area contributed by atoms with Crippen molar-refractivity contribution in [1.82, 2.24) is 9.80 Å². The largest absolute Gasteiger partial charge is 0.490 e. The molecule has 164 valence electrons. The van der Waals surface area contributed by atoms with Crippen LogP contribution in [0.15, 0.2) is 24.3 Å². The van der Waals surface area contributed by atoms with Gasteiger partial charge in [-0.1, -0.05) is 6.92 Å². The van der Waals surface area contributed by atoms with E-state index < -0.39 is 0 Å². The van der Waals surface area contributed by atoms with Crippen molar-refractivity contribution < 1.29 is 23.9 Å². The van der Waals surface area contributed by atoms with Gasteiger partial charge in [-0.2, -0.15) is 0 Å². The minimum Gasteiger partial charge on any atom is -0.490 e. The molecule has 0 aliphatic carbocycles. The maximum Gasteiger partial charge on any atom is 0.253 e. The molecule has 0 saturated carbocycles. The van der Waals surface area contributed by atoms with Crippen molar-refractivity contribution in [2.45, 2.75) is 45.1 Å². The number of likely N-dealkylation sites (tertiary alicyclic amines) is 2. The van der Waals surface area contributed by atoms with Crippen LogP contribution in [0.3, 0.4) is 0 Å². The van der Waals surface area contributed by atoms with Crippen LogP contribution in [0.5, 0.6) is 5.75 Å².